The Kier molecular flexibility index (Phi) is 7.05. The van der Waals surface area contributed by atoms with Gasteiger partial charge in [-0.3, -0.25) is 4.90 Å². The van der Waals surface area contributed by atoms with Crippen molar-refractivity contribution in [2.24, 2.45) is 0 Å². The average molecular weight is 282 g/mol. The zero-order chi connectivity index (χ0) is 13.4. The van der Waals surface area contributed by atoms with Crippen LogP contribution < -0.4 is 0 Å². The first-order valence-corrected chi connectivity index (χ1v) is 7.52. The Balaban J connectivity index is 2.41. The quantitative estimate of drug-likeness (QED) is 0.328. The summed E-state index contributed by atoms with van der Waals surface area (Å²) >= 11 is 0. The molecule has 1 rings (SSSR count). The van der Waals surface area contributed by atoms with E-state index in [1.807, 2.05) is 11.8 Å². The predicted molar refractivity (Wildman–Crippen MR) is 63.2 cm³/mol. The number of morpholine rings is 1. The van der Waals surface area contributed by atoms with Crippen molar-refractivity contribution in [2.45, 2.75) is 13.0 Å². The summed E-state index contributed by atoms with van der Waals surface area (Å²) in [7, 11) is -4.30. The molecule has 0 aromatic heterocycles. The summed E-state index contributed by atoms with van der Waals surface area (Å²) in [6.07, 6.45) is -0.655. The molecule has 1 fully saturated rings. The second-order valence-electron chi connectivity index (χ2n) is 4.04. The van der Waals surface area contributed by atoms with E-state index in [1.54, 1.807) is 0 Å². The molecule has 0 N–H and O–H groups in total. The smallest absolute Gasteiger partial charge is 0.147 e. The Morgan fingerprint density at radius 3 is 2.61 bits per heavy atom. The van der Waals surface area contributed by atoms with Crippen molar-refractivity contribution in [2.75, 3.05) is 52.0 Å². The standard InChI is InChI=1S/C10H21NO6S/c1-2-15-9-17-10(8-18(12,13)14)7-11-3-5-16-6-4-11/h10H,2-9H2,1H3,(H,12,13,14)/p-1. The number of nitrogens with zero attached hydrogens (tertiary/aromatic N) is 1. The minimum atomic E-state index is -4.30. The van der Waals surface area contributed by atoms with Crippen LogP contribution in [0.1, 0.15) is 6.92 Å². The molecule has 1 aliphatic rings. The predicted octanol–water partition coefficient (Wildman–Crippen LogP) is -0.757. The third kappa shape index (κ3) is 7.24. The van der Waals surface area contributed by atoms with Crippen molar-refractivity contribution in [1.82, 2.24) is 4.90 Å². The van der Waals surface area contributed by atoms with Gasteiger partial charge in [-0.2, -0.15) is 0 Å². The highest BCUT2D eigenvalue weighted by Gasteiger charge is 2.19. The van der Waals surface area contributed by atoms with E-state index >= 15 is 0 Å². The van der Waals surface area contributed by atoms with Gasteiger partial charge in [-0.1, -0.05) is 0 Å². The molecule has 0 saturated carbocycles. The first kappa shape index (κ1) is 15.8. The van der Waals surface area contributed by atoms with Gasteiger partial charge in [0.1, 0.15) is 6.79 Å². The molecule has 1 atom stereocenters. The van der Waals surface area contributed by atoms with Gasteiger partial charge in [0, 0.05) is 26.2 Å². The van der Waals surface area contributed by atoms with Crippen molar-refractivity contribution in [3.05, 3.63) is 0 Å². The monoisotopic (exact) mass is 282 g/mol. The van der Waals surface area contributed by atoms with E-state index in [-0.39, 0.29) is 6.79 Å². The summed E-state index contributed by atoms with van der Waals surface area (Å²) < 4.78 is 47.9. The van der Waals surface area contributed by atoms with Gasteiger partial charge in [-0.15, -0.1) is 0 Å². The molecule has 1 saturated heterocycles. The van der Waals surface area contributed by atoms with Crippen LogP contribution in [0.3, 0.4) is 0 Å². The van der Waals surface area contributed by atoms with Gasteiger partial charge < -0.3 is 18.8 Å². The molecule has 1 unspecified atom stereocenters. The van der Waals surface area contributed by atoms with E-state index in [1.165, 1.54) is 0 Å². The summed E-state index contributed by atoms with van der Waals surface area (Å²) in [4.78, 5) is 2.02. The normalized spacial score (nSPS) is 19.9. The second kappa shape index (κ2) is 8.03. The van der Waals surface area contributed by atoms with Crippen molar-refractivity contribution < 1.29 is 27.2 Å². The maximum absolute atomic E-state index is 10.8. The summed E-state index contributed by atoms with van der Waals surface area (Å²) in [5, 5.41) is 0. The Hall–Kier alpha value is -0.250. The number of hydrogen-bond acceptors (Lipinski definition) is 7. The van der Waals surface area contributed by atoms with Gasteiger partial charge in [0.05, 0.1) is 35.2 Å². The van der Waals surface area contributed by atoms with E-state index in [4.69, 9.17) is 14.2 Å². The Morgan fingerprint density at radius 1 is 1.39 bits per heavy atom. The van der Waals surface area contributed by atoms with Crippen LogP contribution in [-0.2, 0) is 24.3 Å². The first-order chi connectivity index (χ1) is 8.51. The molecule has 0 amide bonds. The van der Waals surface area contributed by atoms with Gasteiger partial charge in [0.2, 0.25) is 0 Å². The van der Waals surface area contributed by atoms with Crippen LogP contribution in [0.2, 0.25) is 0 Å². The Labute approximate surface area is 108 Å². The van der Waals surface area contributed by atoms with Crippen LogP contribution in [0, 0.1) is 0 Å². The third-order valence-electron chi connectivity index (χ3n) is 2.55. The lowest BCUT2D eigenvalue weighted by atomic mass is 10.3. The summed E-state index contributed by atoms with van der Waals surface area (Å²) in [6, 6.07) is 0. The van der Waals surface area contributed by atoms with Gasteiger partial charge in [-0.05, 0) is 6.92 Å². The maximum atomic E-state index is 10.8. The molecule has 0 spiro atoms. The molecule has 1 heterocycles. The van der Waals surface area contributed by atoms with Crippen LogP contribution in [0.4, 0.5) is 0 Å². The van der Waals surface area contributed by atoms with E-state index in [0.29, 0.717) is 39.5 Å². The molecule has 0 aromatic carbocycles. The van der Waals surface area contributed by atoms with Crippen molar-refractivity contribution in [1.29, 1.82) is 0 Å². The van der Waals surface area contributed by atoms with Gasteiger partial charge in [0.15, 0.2) is 0 Å². The zero-order valence-corrected chi connectivity index (χ0v) is 11.4. The van der Waals surface area contributed by atoms with E-state index < -0.39 is 22.0 Å². The van der Waals surface area contributed by atoms with Crippen LogP contribution in [0.5, 0.6) is 0 Å². The molecular weight excluding hydrogens is 262 g/mol. The fraction of sp³-hybridized carbons (Fsp3) is 1.00. The lowest BCUT2D eigenvalue weighted by Crippen LogP contribution is -2.43. The molecule has 108 valence electrons. The fourth-order valence-electron chi connectivity index (χ4n) is 1.68. The SMILES string of the molecule is CCOCOC(CN1CCOCC1)CS(=O)(=O)[O-]. The lowest BCUT2D eigenvalue weighted by molar-refractivity contribution is -0.0917. The first-order valence-electron chi connectivity index (χ1n) is 5.94. The number of rotatable bonds is 8. The average Bonchev–Trinajstić information content (AvgIpc) is 2.28. The van der Waals surface area contributed by atoms with E-state index in [9.17, 15) is 13.0 Å². The van der Waals surface area contributed by atoms with Crippen molar-refractivity contribution in [3.8, 4) is 0 Å². The minimum absolute atomic E-state index is 0.00102. The van der Waals surface area contributed by atoms with E-state index in [2.05, 4.69) is 0 Å². The summed E-state index contributed by atoms with van der Waals surface area (Å²) in [5.41, 5.74) is 0. The molecule has 0 radical (unpaired) electrons. The van der Waals surface area contributed by atoms with Gasteiger partial charge >= 0.3 is 0 Å². The van der Waals surface area contributed by atoms with Gasteiger partial charge in [0.25, 0.3) is 0 Å². The van der Waals surface area contributed by atoms with Crippen molar-refractivity contribution in [3.63, 3.8) is 0 Å². The highest BCUT2D eigenvalue weighted by molar-refractivity contribution is 7.85. The van der Waals surface area contributed by atoms with Crippen LogP contribution in [0.15, 0.2) is 0 Å². The largest absolute Gasteiger partial charge is 0.748 e. The second-order valence-corrected chi connectivity index (χ2v) is 5.49. The minimum Gasteiger partial charge on any atom is -0.748 e. The molecule has 0 aromatic rings. The summed E-state index contributed by atoms with van der Waals surface area (Å²) in [6.45, 7) is 5.35. The number of hydrogen-bond donors (Lipinski definition) is 0. The highest BCUT2D eigenvalue weighted by Crippen LogP contribution is 2.04. The number of ether oxygens (including phenoxy) is 3. The topological polar surface area (TPSA) is 88.1 Å². The van der Waals surface area contributed by atoms with Crippen LogP contribution in [-0.4, -0.2) is 76.0 Å². The molecule has 1 aliphatic heterocycles. The molecule has 0 bridgehead atoms. The lowest BCUT2D eigenvalue weighted by Gasteiger charge is -2.30. The molecule has 7 nitrogen and oxygen atoms in total. The fourth-order valence-corrected chi connectivity index (χ4v) is 2.34. The molecule has 0 aliphatic carbocycles. The van der Waals surface area contributed by atoms with Crippen LogP contribution >= 0.6 is 0 Å². The molecule has 8 heteroatoms. The van der Waals surface area contributed by atoms with Crippen molar-refractivity contribution >= 4 is 10.1 Å². The third-order valence-corrected chi connectivity index (χ3v) is 3.33. The molecular formula is C10H20NO6S-. The summed E-state index contributed by atoms with van der Waals surface area (Å²) in [5.74, 6) is -0.530. The van der Waals surface area contributed by atoms with E-state index in [0.717, 1.165) is 0 Å². The van der Waals surface area contributed by atoms with Gasteiger partial charge in [-0.25, -0.2) is 8.42 Å². The Bertz CT molecular complexity index is 314. The van der Waals surface area contributed by atoms with Crippen LogP contribution in [0.25, 0.3) is 0 Å². The zero-order valence-electron chi connectivity index (χ0n) is 10.5. The Morgan fingerprint density at radius 2 is 2.06 bits per heavy atom. The molecule has 18 heavy (non-hydrogen) atoms. The maximum Gasteiger partial charge on any atom is 0.147 e. The highest BCUT2D eigenvalue weighted by atomic mass is 32.2.